The largest absolute Gasteiger partial charge is 0.478 e. The third-order valence-corrected chi connectivity index (χ3v) is 4.49. The van der Waals surface area contributed by atoms with Gasteiger partial charge in [-0.2, -0.15) is 0 Å². The SMILES string of the molecule is Cc1c(/C=C/C(=O)O)c(=O)n(Cc2ccccc2)c(=O)n1Cc1ccccc1. The summed E-state index contributed by atoms with van der Waals surface area (Å²) >= 11 is 0. The van der Waals surface area contributed by atoms with E-state index in [0.29, 0.717) is 5.69 Å². The van der Waals surface area contributed by atoms with Gasteiger partial charge in [0, 0.05) is 11.8 Å². The third-order valence-electron chi connectivity index (χ3n) is 4.49. The molecule has 1 aromatic heterocycles. The van der Waals surface area contributed by atoms with Gasteiger partial charge < -0.3 is 5.11 Å². The van der Waals surface area contributed by atoms with Crippen molar-refractivity contribution in [1.82, 2.24) is 9.13 Å². The highest BCUT2D eigenvalue weighted by molar-refractivity contribution is 5.85. The van der Waals surface area contributed by atoms with Crippen molar-refractivity contribution in [2.24, 2.45) is 0 Å². The molecular weight excluding hydrogens is 356 g/mol. The molecule has 2 aromatic carbocycles. The number of benzene rings is 2. The highest BCUT2D eigenvalue weighted by Crippen LogP contribution is 2.08. The molecule has 0 saturated heterocycles. The number of aromatic nitrogens is 2. The van der Waals surface area contributed by atoms with Gasteiger partial charge in [0.25, 0.3) is 5.56 Å². The highest BCUT2D eigenvalue weighted by Gasteiger charge is 2.15. The predicted octanol–water partition coefficient (Wildman–Crippen LogP) is 2.51. The first-order valence-corrected chi connectivity index (χ1v) is 8.80. The molecule has 28 heavy (non-hydrogen) atoms. The molecule has 0 bridgehead atoms. The van der Waals surface area contributed by atoms with Crippen molar-refractivity contribution in [3.05, 3.63) is 110 Å². The van der Waals surface area contributed by atoms with Crippen LogP contribution in [0.25, 0.3) is 6.08 Å². The fourth-order valence-electron chi connectivity index (χ4n) is 3.03. The molecule has 0 unspecified atom stereocenters. The van der Waals surface area contributed by atoms with Crippen molar-refractivity contribution < 1.29 is 9.90 Å². The molecule has 3 aromatic rings. The summed E-state index contributed by atoms with van der Waals surface area (Å²) in [6, 6.07) is 18.6. The summed E-state index contributed by atoms with van der Waals surface area (Å²) in [7, 11) is 0. The minimum absolute atomic E-state index is 0.113. The van der Waals surface area contributed by atoms with Crippen LogP contribution < -0.4 is 11.2 Å². The first-order valence-electron chi connectivity index (χ1n) is 8.80. The van der Waals surface area contributed by atoms with E-state index in [1.165, 1.54) is 10.6 Å². The van der Waals surface area contributed by atoms with Crippen molar-refractivity contribution in [1.29, 1.82) is 0 Å². The Labute approximate surface area is 161 Å². The van der Waals surface area contributed by atoms with Crippen LogP contribution in [-0.4, -0.2) is 20.2 Å². The molecule has 0 spiro atoms. The molecule has 0 amide bonds. The van der Waals surface area contributed by atoms with Crippen LogP contribution in [0.4, 0.5) is 0 Å². The molecule has 6 nitrogen and oxygen atoms in total. The summed E-state index contributed by atoms with van der Waals surface area (Å²) < 4.78 is 2.65. The van der Waals surface area contributed by atoms with Gasteiger partial charge in [-0.1, -0.05) is 60.7 Å². The summed E-state index contributed by atoms with van der Waals surface area (Å²) in [4.78, 5) is 37.0. The lowest BCUT2D eigenvalue weighted by atomic mass is 10.1. The zero-order valence-corrected chi connectivity index (χ0v) is 15.4. The Balaban J connectivity index is 2.19. The molecule has 1 N–H and O–H groups in total. The van der Waals surface area contributed by atoms with Gasteiger partial charge in [-0.15, -0.1) is 0 Å². The number of hydrogen-bond donors (Lipinski definition) is 1. The quantitative estimate of drug-likeness (QED) is 0.670. The first-order chi connectivity index (χ1) is 13.5. The lowest BCUT2D eigenvalue weighted by Gasteiger charge is -2.16. The first kappa shape index (κ1) is 19.1. The maximum Gasteiger partial charge on any atom is 0.331 e. The summed E-state index contributed by atoms with van der Waals surface area (Å²) in [5.74, 6) is -1.16. The van der Waals surface area contributed by atoms with Crippen molar-refractivity contribution in [2.75, 3.05) is 0 Å². The zero-order valence-electron chi connectivity index (χ0n) is 15.4. The van der Waals surface area contributed by atoms with E-state index in [-0.39, 0.29) is 18.7 Å². The third kappa shape index (κ3) is 4.17. The normalized spacial score (nSPS) is 11.0. The van der Waals surface area contributed by atoms with Crippen molar-refractivity contribution in [3.8, 4) is 0 Å². The number of aliphatic carboxylic acids is 1. The maximum atomic E-state index is 13.1. The number of hydrogen-bond acceptors (Lipinski definition) is 3. The summed E-state index contributed by atoms with van der Waals surface area (Å²) in [5, 5.41) is 8.96. The van der Waals surface area contributed by atoms with Gasteiger partial charge in [0.15, 0.2) is 0 Å². The molecule has 142 valence electrons. The second-order valence-corrected chi connectivity index (χ2v) is 6.40. The molecule has 6 heteroatoms. The average Bonchev–Trinajstić information content (AvgIpc) is 2.70. The molecule has 0 saturated carbocycles. The fourth-order valence-corrected chi connectivity index (χ4v) is 3.03. The zero-order chi connectivity index (χ0) is 20.1. The van der Waals surface area contributed by atoms with Crippen LogP contribution in [0.2, 0.25) is 0 Å². The molecule has 0 aliphatic carbocycles. The summed E-state index contributed by atoms with van der Waals surface area (Å²) in [5.41, 5.74) is 1.40. The van der Waals surface area contributed by atoms with Gasteiger partial charge in [0.2, 0.25) is 0 Å². The van der Waals surface area contributed by atoms with Gasteiger partial charge >= 0.3 is 11.7 Å². The second kappa shape index (κ2) is 8.35. The van der Waals surface area contributed by atoms with Gasteiger partial charge in [-0.05, 0) is 24.1 Å². The molecule has 0 fully saturated rings. The molecule has 3 rings (SSSR count). The van der Waals surface area contributed by atoms with E-state index in [9.17, 15) is 14.4 Å². The van der Waals surface area contributed by atoms with Crippen LogP contribution in [0.3, 0.4) is 0 Å². The molecule has 0 radical (unpaired) electrons. The number of nitrogens with zero attached hydrogens (tertiary/aromatic N) is 2. The van der Waals surface area contributed by atoms with Gasteiger partial charge in [-0.3, -0.25) is 13.9 Å². The number of carboxylic acid groups (broad SMARTS) is 1. The van der Waals surface area contributed by atoms with Crippen LogP contribution in [-0.2, 0) is 17.9 Å². The van der Waals surface area contributed by atoms with E-state index in [2.05, 4.69) is 0 Å². The van der Waals surface area contributed by atoms with Crippen LogP contribution in [0.1, 0.15) is 22.4 Å². The Morgan fingerprint density at radius 2 is 1.39 bits per heavy atom. The molecule has 0 atom stereocenters. The van der Waals surface area contributed by atoms with Crippen molar-refractivity contribution in [3.63, 3.8) is 0 Å². The fraction of sp³-hybridized carbons (Fsp3) is 0.136. The average molecular weight is 376 g/mol. The molecule has 0 aliphatic heterocycles. The van der Waals surface area contributed by atoms with Gasteiger partial charge in [0.1, 0.15) is 0 Å². The minimum atomic E-state index is -1.16. The van der Waals surface area contributed by atoms with E-state index in [4.69, 9.17) is 5.11 Å². The Kier molecular flexibility index (Phi) is 5.69. The van der Waals surface area contributed by atoms with Crippen LogP contribution >= 0.6 is 0 Å². The monoisotopic (exact) mass is 376 g/mol. The standard InChI is InChI=1S/C22H20N2O4/c1-16-19(12-13-20(25)26)21(27)24(15-18-10-6-3-7-11-18)22(28)23(16)14-17-8-4-2-5-9-17/h2-13H,14-15H2,1H3,(H,25,26)/b13-12+. The maximum absolute atomic E-state index is 13.1. The Hall–Kier alpha value is -3.67. The molecular formula is C22H20N2O4. The van der Waals surface area contributed by atoms with E-state index >= 15 is 0 Å². The Bertz CT molecular complexity index is 1130. The van der Waals surface area contributed by atoms with Gasteiger partial charge in [-0.25, -0.2) is 9.59 Å². The molecule has 1 heterocycles. The number of carboxylic acids is 1. The van der Waals surface area contributed by atoms with Crippen LogP contribution in [0.15, 0.2) is 76.3 Å². The summed E-state index contributed by atoms with van der Waals surface area (Å²) in [6.45, 7) is 2.05. The predicted molar refractivity (Wildman–Crippen MR) is 107 cm³/mol. The van der Waals surface area contributed by atoms with Gasteiger partial charge in [0.05, 0.1) is 18.7 Å². The smallest absolute Gasteiger partial charge is 0.331 e. The number of rotatable bonds is 6. The lowest BCUT2D eigenvalue weighted by molar-refractivity contribution is -0.131. The van der Waals surface area contributed by atoms with E-state index in [1.807, 2.05) is 60.7 Å². The van der Waals surface area contributed by atoms with Crippen LogP contribution in [0.5, 0.6) is 0 Å². The highest BCUT2D eigenvalue weighted by atomic mass is 16.4. The number of carbonyl (C=O) groups is 1. The van der Waals surface area contributed by atoms with E-state index in [0.717, 1.165) is 21.8 Å². The van der Waals surface area contributed by atoms with Crippen LogP contribution in [0, 0.1) is 6.92 Å². The van der Waals surface area contributed by atoms with E-state index in [1.54, 1.807) is 6.92 Å². The lowest BCUT2D eigenvalue weighted by Crippen LogP contribution is -2.42. The minimum Gasteiger partial charge on any atom is -0.478 e. The summed E-state index contributed by atoms with van der Waals surface area (Å²) in [6.07, 6.45) is 2.16. The second-order valence-electron chi connectivity index (χ2n) is 6.40. The Morgan fingerprint density at radius 3 is 1.89 bits per heavy atom. The Morgan fingerprint density at radius 1 is 0.893 bits per heavy atom. The topological polar surface area (TPSA) is 81.3 Å². The van der Waals surface area contributed by atoms with Crippen molar-refractivity contribution >= 4 is 12.0 Å². The van der Waals surface area contributed by atoms with Crippen molar-refractivity contribution in [2.45, 2.75) is 20.0 Å². The van der Waals surface area contributed by atoms with E-state index < -0.39 is 17.2 Å². The molecule has 0 aliphatic rings.